The van der Waals surface area contributed by atoms with Gasteiger partial charge in [-0.15, -0.1) is 0 Å². The number of morpholine rings is 1. The molecule has 0 radical (unpaired) electrons. The number of aromatic nitrogens is 2. The van der Waals surface area contributed by atoms with E-state index in [2.05, 4.69) is 15.3 Å². The van der Waals surface area contributed by atoms with Crippen molar-refractivity contribution >= 4 is 5.91 Å². The maximum absolute atomic E-state index is 13.4. The first-order valence-corrected chi connectivity index (χ1v) is 9.58. The van der Waals surface area contributed by atoms with Gasteiger partial charge in [0.25, 0.3) is 0 Å². The van der Waals surface area contributed by atoms with Crippen LogP contribution in [0.15, 0.2) is 36.7 Å². The molecule has 2 aromatic rings. The Morgan fingerprint density at radius 2 is 2.26 bits per heavy atom. The number of nitrogens with one attached hydrogen (secondary N) is 1. The van der Waals surface area contributed by atoms with Crippen molar-refractivity contribution in [1.29, 1.82) is 0 Å². The lowest BCUT2D eigenvalue weighted by atomic mass is 9.93. The maximum atomic E-state index is 13.4. The number of ether oxygens (including phenoxy) is 1. The minimum atomic E-state index is -0.282. The van der Waals surface area contributed by atoms with Crippen molar-refractivity contribution < 1.29 is 13.9 Å². The highest BCUT2D eigenvalue weighted by atomic mass is 19.1. The molecular formula is C20H25FN4O2. The van der Waals surface area contributed by atoms with E-state index < -0.39 is 0 Å². The third-order valence-corrected chi connectivity index (χ3v) is 5.34. The summed E-state index contributed by atoms with van der Waals surface area (Å²) in [6.07, 6.45) is 7.56. The lowest BCUT2D eigenvalue weighted by molar-refractivity contribution is -0.125. The molecule has 1 aliphatic carbocycles. The number of carbonyl (C=O) groups is 1. The highest BCUT2D eigenvalue weighted by Crippen LogP contribution is 2.20. The van der Waals surface area contributed by atoms with Crippen LogP contribution in [-0.4, -0.2) is 52.4 Å². The molecule has 1 aromatic heterocycles. The van der Waals surface area contributed by atoms with Gasteiger partial charge in [-0.1, -0.05) is 6.07 Å². The Kier molecular flexibility index (Phi) is 5.50. The van der Waals surface area contributed by atoms with Crippen LogP contribution in [0.4, 0.5) is 4.39 Å². The van der Waals surface area contributed by atoms with E-state index in [-0.39, 0.29) is 17.8 Å². The van der Waals surface area contributed by atoms with E-state index in [1.165, 1.54) is 18.6 Å². The minimum Gasteiger partial charge on any atom is -0.378 e. The molecule has 4 rings (SSSR count). The number of hydrogen-bond acceptors (Lipinski definition) is 4. The summed E-state index contributed by atoms with van der Waals surface area (Å²) >= 11 is 0. The van der Waals surface area contributed by atoms with Gasteiger partial charge in [-0.2, -0.15) is 5.10 Å². The van der Waals surface area contributed by atoms with Crippen LogP contribution in [0.5, 0.6) is 0 Å². The number of benzene rings is 1. The third-order valence-electron chi connectivity index (χ3n) is 5.34. The molecule has 2 heterocycles. The fraction of sp³-hybridized carbons (Fsp3) is 0.500. The highest BCUT2D eigenvalue weighted by Gasteiger charge is 2.27. The number of nitrogens with zero attached hydrogens (tertiary/aromatic N) is 3. The number of carbonyl (C=O) groups excluding carboxylic acids is 1. The lowest BCUT2D eigenvalue weighted by Crippen LogP contribution is -2.48. The summed E-state index contributed by atoms with van der Waals surface area (Å²) in [5.41, 5.74) is 1.73. The highest BCUT2D eigenvalue weighted by molar-refractivity contribution is 5.77. The molecule has 0 bridgehead atoms. The van der Waals surface area contributed by atoms with Gasteiger partial charge in [0, 0.05) is 43.4 Å². The molecule has 0 spiro atoms. The van der Waals surface area contributed by atoms with Crippen LogP contribution >= 0.6 is 0 Å². The molecule has 7 heteroatoms. The molecule has 144 valence electrons. The molecule has 1 N–H and O–H groups in total. The van der Waals surface area contributed by atoms with Crippen LogP contribution in [0.1, 0.15) is 31.2 Å². The van der Waals surface area contributed by atoms with Gasteiger partial charge >= 0.3 is 0 Å². The Balaban J connectivity index is 1.38. The van der Waals surface area contributed by atoms with Crippen molar-refractivity contribution in [2.45, 2.75) is 44.3 Å². The van der Waals surface area contributed by atoms with Crippen LogP contribution in [0.3, 0.4) is 0 Å². The van der Waals surface area contributed by atoms with Crippen molar-refractivity contribution in [3.8, 4) is 5.69 Å². The standard InChI is InChI=1S/C20H25FN4O2/c21-16-3-1-6-18(9-16)25-13-15(11-22-25)12-24-7-8-27-14-19(24)10-20(26)23-17-4-2-5-17/h1,3,6,9,11,13,17,19H,2,4-5,7-8,10,12,14H2,(H,23,26)/t19-/m0/s1. The first-order valence-electron chi connectivity index (χ1n) is 9.58. The smallest absolute Gasteiger partial charge is 0.221 e. The Morgan fingerprint density at radius 1 is 1.37 bits per heavy atom. The van der Waals surface area contributed by atoms with E-state index in [0.717, 1.165) is 24.9 Å². The number of hydrogen-bond donors (Lipinski definition) is 1. The summed E-state index contributed by atoms with van der Waals surface area (Å²) in [7, 11) is 0. The molecule has 1 aliphatic heterocycles. The summed E-state index contributed by atoms with van der Waals surface area (Å²) < 4.78 is 20.7. The molecule has 1 amide bonds. The zero-order chi connectivity index (χ0) is 18.6. The Labute approximate surface area is 158 Å². The number of amides is 1. The molecule has 1 atom stereocenters. The lowest BCUT2D eigenvalue weighted by Gasteiger charge is -2.35. The molecule has 6 nitrogen and oxygen atoms in total. The van der Waals surface area contributed by atoms with Gasteiger partial charge < -0.3 is 10.1 Å². The van der Waals surface area contributed by atoms with Gasteiger partial charge in [-0.05, 0) is 37.5 Å². The van der Waals surface area contributed by atoms with Crippen LogP contribution in [0.2, 0.25) is 0 Å². The summed E-state index contributed by atoms with van der Waals surface area (Å²) in [5, 5.41) is 7.46. The fourth-order valence-electron chi connectivity index (χ4n) is 3.57. The van der Waals surface area contributed by atoms with Crippen LogP contribution < -0.4 is 5.32 Å². The monoisotopic (exact) mass is 372 g/mol. The third kappa shape index (κ3) is 4.54. The second kappa shape index (κ2) is 8.19. The summed E-state index contributed by atoms with van der Waals surface area (Å²) in [4.78, 5) is 14.6. The number of halogens is 1. The molecule has 2 aliphatic rings. The molecule has 0 unspecified atom stereocenters. The van der Waals surface area contributed by atoms with Crippen molar-refractivity contribution in [3.05, 3.63) is 48.0 Å². The topological polar surface area (TPSA) is 59.4 Å². The van der Waals surface area contributed by atoms with Crippen molar-refractivity contribution in [2.24, 2.45) is 0 Å². The molecule has 1 saturated heterocycles. The predicted octanol–water partition coefficient (Wildman–Crippen LogP) is 2.27. The minimum absolute atomic E-state index is 0.0661. The van der Waals surface area contributed by atoms with Gasteiger partial charge in [0.1, 0.15) is 5.82 Å². The quantitative estimate of drug-likeness (QED) is 0.845. The molecular weight excluding hydrogens is 347 g/mol. The molecule has 27 heavy (non-hydrogen) atoms. The number of rotatable bonds is 6. The van der Waals surface area contributed by atoms with Crippen molar-refractivity contribution in [3.63, 3.8) is 0 Å². The molecule has 1 saturated carbocycles. The Hall–Kier alpha value is -2.25. The van der Waals surface area contributed by atoms with E-state index in [9.17, 15) is 9.18 Å². The first kappa shape index (κ1) is 18.1. The van der Waals surface area contributed by atoms with Crippen molar-refractivity contribution in [2.75, 3.05) is 19.8 Å². The van der Waals surface area contributed by atoms with Crippen molar-refractivity contribution in [1.82, 2.24) is 20.0 Å². The molecule has 1 aromatic carbocycles. The SMILES string of the molecule is O=C(C[C@H]1COCCN1Cc1cnn(-c2cccc(F)c2)c1)NC1CCC1. The Bertz CT molecular complexity index is 790. The van der Waals surface area contributed by atoms with Crippen LogP contribution in [0.25, 0.3) is 5.69 Å². The largest absolute Gasteiger partial charge is 0.378 e. The maximum Gasteiger partial charge on any atom is 0.221 e. The van der Waals surface area contributed by atoms with Crippen LogP contribution in [-0.2, 0) is 16.1 Å². The fourth-order valence-corrected chi connectivity index (χ4v) is 3.57. The zero-order valence-corrected chi connectivity index (χ0v) is 15.3. The molecule has 2 fully saturated rings. The zero-order valence-electron chi connectivity index (χ0n) is 15.3. The average molecular weight is 372 g/mol. The van der Waals surface area contributed by atoms with Crippen LogP contribution in [0, 0.1) is 5.82 Å². The second-order valence-corrected chi connectivity index (χ2v) is 7.37. The van der Waals surface area contributed by atoms with Gasteiger partial charge in [0.05, 0.1) is 25.1 Å². The van der Waals surface area contributed by atoms with E-state index in [4.69, 9.17) is 4.74 Å². The summed E-state index contributed by atoms with van der Waals surface area (Å²) in [5.74, 6) is -0.175. The Morgan fingerprint density at radius 3 is 3.04 bits per heavy atom. The summed E-state index contributed by atoms with van der Waals surface area (Å²) in [6.45, 7) is 2.71. The van der Waals surface area contributed by atoms with Gasteiger partial charge in [-0.25, -0.2) is 9.07 Å². The van der Waals surface area contributed by atoms with E-state index >= 15 is 0 Å². The van der Waals surface area contributed by atoms with Gasteiger partial charge in [0.2, 0.25) is 5.91 Å². The van der Waals surface area contributed by atoms with E-state index in [1.54, 1.807) is 16.9 Å². The van der Waals surface area contributed by atoms with Gasteiger partial charge in [-0.3, -0.25) is 9.69 Å². The summed E-state index contributed by atoms with van der Waals surface area (Å²) in [6, 6.07) is 6.80. The normalized spacial score (nSPS) is 21.0. The first-order chi connectivity index (χ1) is 13.2. The predicted molar refractivity (Wildman–Crippen MR) is 98.9 cm³/mol. The van der Waals surface area contributed by atoms with E-state index in [1.807, 2.05) is 12.3 Å². The van der Waals surface area contributed by atoms with Gasteiger partial charge in [0.15, 0.2) is 0 Å². The average Bonchev–Trinajstić information content (AvgIpc) is 3.09. The second-order valence-electron chi connectivity index (χ2n) is 7.37. The van der Waals surface area contributed by atoms with E-state index in [0.29, 0.717) is 37.9 Å².